The average Bonchev–Trinajstić information content (AvgIpc) is 2.31. The van der Waals surface area contributed by atoms with Crippen LogP contribution in [0.15, 0.2) is 5.16 Å². The fourth-order valence-electron chi connectivity index (χ4n) is 1.12. The highest BCUT2D eigenvalue weighted by Gasteiger charge is 2.32. The van der Waals surface area contributed by atoms with Crippen LogP contribution in [0.5, 0.6) is 0 Å². The van der Waals surface area contributed by atoms with Gasteiger partial charge in [0, 0.05) is 13.2 Å². The quantitative estimate of drug-likeness (QED) is 0.199. The number of carbonyl (C=O) groups excluding carboxylic acids is 1. The number of hydrogen-bond donors (Lipinski definition) is 3. The third kappa shape index (κ3) is 5.86. The second-order valence-electron chi connectivity index (χ2n) is 5.16. The molecule has 0 bridgehead atoms. The topological polar surface area (TPSA) is 96.9 Å². The minimum Gasteiger partial charge on any atom is -0.409 e. The molecule has 6 nitrogen and oxygen atoms in total. The van der Waals surface area contributed by atoms with Crippen molar-refractivity contribution >= 4 is 11.7 Å². The molecule has 6 heteroatoms. The summed E-state index contributed by atoms with van der Waals surface area (Å²) in [6.45, 7) is 9.02. The number of nitrogens with zero attached hydrogens (tertiary/aromatic N) is 1. The first-order valence-electron chi connectivity index (χ1n) is 6.16. The molecule has 18 heavy (non-hydrogen) atoms. The molecule has 1 amide bonds. The standard InChI is InChI=1S/C12H25N3O3/c1-9(2)5-7-18-8-6-14-11(16)12(3,4)10(13)15-17/h9,17H,5-8H2,1-4H3,(H2,13,15)(H,14,16). The van der Waals surface area contributed by atoms with Crippen molar-refractivity contribution in [3.63, 3.8) is 0 Å². The smallest absolute Gasteiger partial charge is 0.233 e. The van der Waals surface area contributed by atoms with E-state index >= 15 is 0 Å². The van der Waals surface area contributed by atoms with Crippen LogP contribution in [-0.2, 0) is 9.53 Å². The van der Waals surface area contributed by atoms with Crippen LogP contribution < -0.4 is 11.1 Å². The van der Waals surface area contributed by atoms with Gasteiger partial charge in [0.25, 0.3) is 0 Å². The van der Waals surface area contributed by atoms with Crippen molar-refractivity contribution in [2.75, 3.05) is 19.8 Å². The molecule has 0 rings (SSSR count). The molecule has 0 aromatic rings. The molecule has 0 radical (unpaired) electrons. The van der Waals surface area contributed by atoms with Gasteiger partial charge in [-0.3, -0.25) is 4.79 Å². The van der Waals surface area contributed by atoms with Crippen LogP contribution in [0.1, 0.15) is 34.1 Å². The molecule has 0 aromatic carbocycles. The Labute approximate surface area is 109 Å². The lowest BCUT2D eigenvalue weighted by Crippen LogP contribution is -2.46. The lowest BCUT2D eigenvalue weighted by atomic mass is 9.91. The Morgan fingerprint density at radius 3 is 2.56 bits per heavy atom. The third-order valence-corrected chi connectivity index (χ3v) is 2.69. The Kier molecular flexibility index (Phi) is 7.35. The Morgan fingerprint density at radius 1 is 1.44 bits per heavy atom. The molecule has 0 atom stereocenters. The van der Waals surface area contributed by atoms with Gasteiger partial charge in [0.05, 0.1) is 6.61 Å². The van der Waals surface area contributed by atoms with Gasteiger partial charge in [-0.2, -0.15) is 0 Å². The number of carbonyl (C=O) groups is 1. The number of nitrogens with one attached hydrogen (secondary N) is 1. The maximum atomic E-state index is 11.8. The summed E-state index contributed by atoms with van der Waals surface area (Å²) in [7, 11) is 0. The minimum absolute atomic E-state index is 0.110. The molecule has 4 N–H and O–H groups in total. The molecule has 0 saturated heterocycles. The van der Waals surface area contributed by atoms with Crippen LogP contribution in [0.2, 0.25) is 0 Å². The fourth-order valence-corrected chi connectivity index (χ4v) is 1.12. The van der Waals surface area contributed by atoms with Gasteiger partial charge in [-0.05, 0) is 26.2 Å². The van der Waals surface area contributed by atoms with Crippen molar-refractivity contribution in [1.82, 2.24) is 5.32 Å². The Morgan fingerprint density at radius 2 is 2.06 bits per heavy atom. The predicted octanol–water partition coefficient (Wildman–Crippen LogP) is 0.938. The third-order valence-electron chi connectivity index (χ3n) is 2.69. The second kappa shape index (κ2) is 7.92. The summed E-state index contributed by atoms with van der Waals surface area (Å²) in [5, 5.41) is 14.1. The van der Waals surface area contributed by atoms with E-state index in [1.165, 1.54) is 0 Å². The van der Waals surface area contributed by atoms with Gasteiger partial charge in [0.1, 0.15) is 5.41 Å². The van der Waals surface area contributed by atoms with E-state index in [1.54, 1.807) is 13.8 Å². The van der Waals surface area contributed by atoms with Gasteiger partial charge >= 0.3 is 0 Å². The normalized spacial score (nSPS) is 12.8. The summed E-state index contributed by atoms with van der Waals surface area (Å²) in [5.74, 6) is 0.213. The molecular weight excluding hydrogens is 234 g/mol. The molecular formula is C12H25N3O3. The van der Waals surface area contributed by atoms with E-state index in [4.69, 9.17) is 15.7 Å². The minimum atomic E-state index is -1.02. The summed E-state index contributed by atoms with van der Waals surface area (Å²) >= 11 is 0. The first-order chi connectivity index (χ1) is 8.32. The molecule has 0 aliphatic rings. The first-order valence-corrected chi connectivity index (χ1v) is 6.16. The number of ether oxygens (including phenoxy) is 1. The Balaban J connectivity index is 3.84. The van der Waals surface area contributed by atoms with Crippen LogP contribution >= 0.6 is 0 Å². The molecule has 0 aromatic heterocycles. The van der Waals surface area contributed by atoms with Crippen molar-refractivity contribution in [3.05, 3.63) is 0 Å². The monoisotopic (exact) mass is 259 g/mol. The van der Waals surface area contributed by atoms with E-state index in [0.29, 0.717) is 25.7 Å². The summed E-state index contributed by atoms with van der Waals surface area (Å²) in [6.07, 6.45) is 1.00. The number of amidine groups is 1. The zero-order chi connectivity index (χ0) is 14.2. The van der Waals surface area contributed by atoms with Gasteiger partial charge in [-0.15, -0.1) is 0 Å². The molecule has 0 spiro atoms. The van der Waals surface area contributed by atoms with Crippen LogP contribution in [0, 0.1) is 11.3 Å². The van der Waals surface area contributed by atoms with Gasteiger partial charge in [-0.25, -0.2) is 0 Å². The highest BCUT2D eigenvalue weighted by atomic mass is 16.5. The molecule has 0 fully saturated rings. The second-order valence-corrected chi connectivity index (χ2v) is 5.16. The van der Waals surface area contributed by atoms with E-state index in [1.807, 2.05) is 0 Å². The molecule has 0 unspecified atom stereocenters. The van der Waals surface area contributed by atoms with Crippen molar-refractivity contribution in [2.45, 2.75) is 34.1 Å². The van der Waals surface area contributed by atoms with Crippen molar-refractivity contribution < 1.29 is 14.7 Å². The summed E-state index contributed by atoms with van der Waals surface area (Å²) < 4.78 is 5.37. The van der Waals surface area contributed by atoms with Crippen LogP contribution in [0.25, 0.3) is 0 Å². The number of oxime groups is 1. The summed E-state index contributed by atoms with van der Waals surface area (Å²) in [4.78, 5) is 11.8. The number of rotatable bonds is 8. The highest BCUT2D eigenvalue weighted by Crippen LogP contribution is 2.14. The SMILES string of the molecule is CC(C)CCOCCNC(=O)C(C)(C)C(N)=NO. The lowest BCUT2D eigenvalue weighted by Gasteiger charge is -2.21. The van der Waals surface area contributed by atoms with Gasteiger partial charge < -0.3 is 21.0 Å². The zero-order valence-corrected chi connectivity index (χ0v) is 11.7. The number of nitrogens with two attached hydrogens (primary N) is 1. The summed E-state index contributed by atoms with van der Waals surface area (Å²) in [6, 6.07) is 0. The van der Waals surface area contributed by atoms with E-state index < -0.39 is 5.41 Å². The molecule has 106 valence electrons. The highest BCUT2D eigenvalue weighted by molar-refractivity contribution is 6.05. The maximum absolute atomic E-state index is 11.8. The zero-order valence-electron chi connectivity index (χ0n) is 11.7. The predicted molar refractivity (Wildman–Crippen MR) is 70.5 cm³/mol. The number of amides is 1. The fraction of sp³-hybridized carbons (Fsp3) is 0.833. The van der Waals surface area contributed by atoms with Crippen LogP contribution in [0.4, 0.5) is 0 Å². The van der Waals surface area contributed by atoms with Gasteiger partial charge in [-0.1, -0.05) is 19.0 Å². The number of hydrogen-bond acceptors (Lipinski definition) is 4. The van der Waals surface area contributed by atoms with Gasteiger partial charge in [0.2, 0.25) is 5.91 Å². The molecule has 0 aliphatic carbocycles. The molecule has 0 aliphatic heterocycles. The molecule has 0 heterocycles. The van der Waals surface area contributed by atoms with Crippen LogP contribution in [0.3, 0.4) is 0 Å². The molecule has 0 saturated carbocycles. The van der Waals surface area contributed by atoms with Crippen LogP contribution in [-0.4, -0.2) is 36.7 Å². The maximum Gasteiger partial charge on any atom is 0.233 e. The van der Waals surface area contributed by atoms with Crippen molar-refractivity contribution in [3.8, 4) is 0 Å². The van der Waals surface area contributed by atoms with E-state index in [9.17, 15) is 4.79 Å². The van der Waals surface area contributed by atoms with E-state index in [-0.39, 0.29) is 11.7 Å². The van der Waals surface area contributed by atoms with E-state index in [0.717, 1.165) is 6.42 Å². The Hall–Kier alpha value is -1.30. The average molecular weight is 259 g/mol. The Bertz CT molecular complexity index is 288. The first kappa shape index (κ1) is 16.7. The van der Waals surface area contributed by atoms with Gasteiger partial charge in [0.15, 0.2) is 5.84 Å². The summed E-state index contributed by atoms with van der Waals surface area (Å²) in [5.41, 5.74) is 4.42. The van der Waals surface area contributed by atoms with Crippen molar-refractivity contribution in [1.29, 1.82) is 0 Å². The largest absolute Gasteiger partial charge is 0.409 e. The van der Waals surface area contributed by atoms with Crippen molar-refractivity contribution in [2.24, 2.45) is 22.2 Å². The van der Waals surface area contributed by atoms with E-state index in [2.05, 4.69) is 24.3 Å². The lowest BCUT2D eigenvalue weighted by molar-refractivity contribution is -0.126.